The fourth-order valence-electron chi connectivity index (χ4n) is 22.7. The van der Waals surface area contributed by atoms with Gasteiger partial charge in [0.1, 0.15) is 33.5 Å². The van der Waals surface area contributed by atoms with E-state index in [2.05, 4.69) is 466 Å². The summed E-state index contributed by atoms with van der Waals surface area (Å²) in [5.41, 5.74) is 29.6. The van der Waals surface area contributed by atoms with Crippen molar-refractivity contribution in [3.8, 4) is 118 Å². The molecule has 0 aliphatic carbocycles. The van der Waals surface area contributed by atoms with Gasteiger partial charge in [0, 0.05) is 128 Å². The van der Waals surface area contributed by atoms with Crippen LogP contribution in [0.4, 0.5) is 0 Å². The van der Waals surface area contributed by atoms with Crippen LogP contribution >= 0.6 is 22.7 Å². The van der Waals surface area contributed by atoms with E-state index in [0.717, 1.165) is 199 Å². The Hall–Kier alpha value is -19.5. The number of furan rings is 3. The second kappa shape index (κ2) is 35.2. The normalized spacial score (nSPS) is 11.9. The van der Waals surface area contributed by atoms with E-state index in [4.69, 9.17) is 43.2 Å². The molecule has 0 atom stereocenters. The molecular formula is C138H81N7O3S2. The van der Waals surface area contributed by atoms with E-state index in [1.807, 2.05) is 53.0 Å². The molecule has 0 fully saturated rings. The zero-order valence-electron chi connectivity index (χ0n) is 80.4. The Labute approximate surface area is 866 Å². The van der Waals surface area contributed by atoms with Crippen molar-refractivity contribution in [2.75, 3.05) is 0 Å². The van der Waals surface area contributed by atoms with Gasteiger partial charge in [-0.2, -0.15) is 0 Å². The minimum Gasteiger partial charge on any atom is -0.456 e. The van der Waals surface area contributed by atoms with Crippen molar-refractivity contribution in [3.05, 3.63) is 491 Å². The number of hydrogen-bond acceptors (Lipinski definition) is 11. The van der Waals surface area contributed by atoms with E-state index in [-0.39, 0.29) is 0 Å². The number of hydrogen-bond donors (Lipinski definition) is 0. The maximum atomic E-state index is 6.47. The number of nitrogens with zero attached hydrogens (tertiary/aromatic N) is 7. The van der Waals surface area contributed by atoms with Gasteiger partial charge in [0.15, 0.2) is 17.5 Å². The lowest BCUT2D eigenvalue weighted by Crippen LogP contribution is -1.96. The van der Waals surface area contributed by atoms with Crippen LogP contribution in [0.15, 0.2) is 505 Å². The highest BCUT2D eigenvalue weighted by atomic mass is 32.1. The van der Waals surface area contributed by atoms with E-state index in [1.165, 1.54) is 100 Å². The summed E-state index contributed by atoms with van der Waals surface area (Å²) in [4.78, 5) is 31.9. The molecule has 0 amide bonds. The first kappa shape index (κ1) is 86.0. The Morgan fingerprint density at radius 1 is 0.160 bits per heavy atom. The molecular weight excluding hydrogens is 1870 g/mol. The second-order valence-corrected chi connectivity index (χ2v) is 40.6. The summed E-state index contributed by atoms with van der Waals surface area (Å²) in [5.74, 6) is 2.08. The van der Waals surface area contributed by atoms with Crippen LogP contribution in [-0.2, 0) is 0 Å². The topological polar surface area (TPSA) is 122 Å². The van der Waals surface area contributed by atoms with E-state index in [1.54, 1.807) is 0 Å². The molecule has 0 aliphatic heterocycles. The zero-order valence-corrected chi connectivity index (χ0v) is 82.1. The van der Waals surface area contributed by atoms with Crippen LogP contribution in [-0.4, -0.2) is 34.5 Å². The molecule has 0 saturated heterocycles. The maximum Gasteiger partial charge on any atom is 0.160 e. The van der Waals surface area contributed by atoms with Gasteiger partial charge >= 0.3 is 0 Å². The Kier molecular flexibility index (Phi) is 20.2. The molecule has 32 rings (SSSR count). The maximum absolute atomic E-state index is 6.47. The first-order valence-corrected chi connectivity index (χ1v) is 52.1. The van der Waals surface area contributed by atoms with Crippen LogP contribution in [0, 0.1) is 0 Å². The SMILES string of the molecule is c1ccc(-c2ccc3sc4ccc(-c5ccc(-c6nc(-c7ccccc7)c7ccc8oc9ccc%10ccccc%10c9c8c7n6)cc5)cc4c3c2)cc1.c1ccc(-c2nc(-c3cccc(-c4ccc5c(c4)c4ccccc4n5-c4ccccc4)c3)nc3c2ccc2oc4ccc5ccccc5c4c23)cc1.c1ccc(-c2nc(-c3cccc(-c4ccc5oc6ccccc6c5c4)c3)nc3c2ccc2sc4ccc5ccccc5c4c23)cc1. The molecule has 0 saturated carbocycles. The van der Waals surface area contributed by atoms with Crippen molar-refractivity contribution in [1.29, 1.82) is 0 Å². The smallest absolute Gasteiger partial charge is 0.160 e. The molecule has 9 heterocycles. The Balaban J connectivity index is 0.000000104. The summed E-state index contributed by atoms with van der Waals surface area (Å²) in [6.07, 6.45) is 0. The zero-order chi connectivity index (χ0) is 98.5. The van der Waals surface area contributed by atoms with Crippen LogP contribution in [0.2, 0.25) is 0 Å². The molecule has 23 aromatic carbocycles. The monoisotopic (exact) mass is 1950 g/mol. The molecule has 150 heavy (non-hydrogen) atoms. The lowest BCUT2D eigenvalue weighted by molar-refractivity contribution is 0.668. The van der Waals surface area contributed by atoms with Crippen molar-refractivity contribution >= 4 is 216 Å². The highest BCUT2D eigenvalue weighted by Gasteiger charge is 2.27. The van der Waals surface area contributed by atoms with E-state index in [0.29, 0.717) is 11.6 Å². The van der Waals surface area contributed by atoms with E-state index in [9.17, 15) is 0 Å². The average Bonchev–Trinajstić information content (AvgIpc) is 1.55. The third kappa shape index (κ3) is 14.5. The van der Waals surface area contributed by atoms with Gasteiger partial charge in [-0.3, -0.25) is 0 Å². The van der Waals surface area contributed by atoms with Gasteiger partial charge in [0.05, 0.1) is 55.4 Å². The van der Waals surface area contributed by atoms with Crippen molar-refractivity contribution in [3.63, 3.8) is 0 Å². The Morgan fingerprint density at radius 2 is 0.480 bits per heavy atom. The molecule has 0 unspecified atom stereocenters. The number of para-hydroxylation sites is 3. The standard InChI is InChI=1S/C48H29N3O.C48H28N2OS.C42H24N2OS/c1-3-13-31(14-4-1)46-38-24-27-43-45(44-36-19-8-7-12-30(36)23-26-42(44)52-43)47(38)50-48(49-46)34-16-11-15-32(28-34)33-22-25-41-39(29-33)37-20-9-10-21-40(37)51(41)35-17-5-2-6-18-35;1-3-9-29(10-4-1)34-20-25-42-38(27-34)39-28-35(21-26-43(39)52-42)30-15-17-33(18-16-30)48-49-46(32-12-5-2-6-13-32)37-22-24-41-45(47(37)50-48)44-36-14-8-7-11-31(36)19-23-40(44)51-41;1-2-10-26(11-3-1)40-32-19-22-37-39(38-30-14-5-4-9-25(30)18-21-36(38)46-37)41(32)44-42(43-40)29-13-8-12-27(23-29)28-17-20-35-33(24-28)31-15-6-7-16-34(31)45-35/h1-29H;1-28H;1-24H. The first-order chi connectivity index (χ1) is 74.3. The van der Waals surface area contributed by atoms with Gasteiger partial charge in [0.25, 0.3) is 0 Å². The lowest BCUT2D eigenvalue weighted by atomic mass is 9.99. The van der Waals surface area contributed by atoms with E-state index < -0.39 is 0 Å². The summed E-state index contributed by atoms with van der Waals surface area (Å²) in [6, 6.07) is 173. The van der Waals surface area contributed by atoms with Gasteiger partial charge < -0.3 is 17.8 Å². The fraction of sp³-hybridized carbons (Fsp3) is 0. The summed E-state index contributed by atoms with van der Waals surface area (Å²) < 4.78 is 26.5. The molecule has 0 N–H and O–H groups in total. The molecule has 698 valence electrons. The number of fused-ring (bicyclic) bond motifs is 30. The third-order valence-electron chi connectivity index (χ3n) is 29.7. The van der Waals surface area contributed by atoms with Crippen molar-refractivity contribution < 1.29 is 13.3 Å². The van der Waals surface area contributed by atoms with Gasteiger partial charge in [-0.1, -0.05) is 352 Å². The number of benzene rings is 23. The molecule has 9 aromatic heterocycles. The van der Waals surface area contributed by atoms with Gasteiger partial charge in [0.2, 0.25) is 0 Å². The molecule has 12 heteroatoms. The first-order valence-electron chi connectivity index (χ1n) is 50.5. The van der Waals surface area contributed by atoms with Crippen LogP contribution in [0.25, 0.3) is 311 Å². The Bertz CT molecular complexity index is 11100. The molecule has 0 spiro atoms. The molecule has 0 radical (unpaired) electrons. The summed E-state index contributed by atoms with van der Waals surface area (Å²) >= 11 is 3.68. The second-order valence-electron chi connectivity index (χ2n) is 38.4. The van der Waals surface area contributed by atoms with Crippen molar-refractivity contribution in [2.45, 2.75) is 0 Å². The number of thiophene rings is 2. The number of rotatable bonds is 11. The predicted molar refractivity (Wildman–Crippen MR) is 627 cm³/mol. The summed E-state index contributed by atoms with van der Waals surface area (Å²) in [5, 5.41) is 24.1. The minimum absolute atomic E-state index is 0.678. The van der Waals surface area contributed by atoms with Crippen LogP contribution in [0.5, 0.6) is 0 Å². The van der Waals surface area contributed by atoms with Gasteiger partial charge in [-0.25, -0.2) is 29.9 Å². The molecule has 10 nitrogen and oxygen atoms in total. The minimum atomic E-state index is 0.678. The van der Waals surface area contributed by atoms with Crippen LogP contribution < -0.4 is 0 Å². The largest absolute Gasteiger partial charge is 0.456 e. The van der Waals surface area contributed by atoms with Crippen LogP contribution in [0.3, 0.4) is 0 Å². The van der Waals surface area contributed by atoms with E-state index >= 15 is 0 Å². The Morgan fingerprint density at radius 3 is 1.03 bits per heavy atom. The molecule has 32 aromatic rings. The van der Waals surface area contributed by atoms with Gasteiger partial charge in [-0.05, 0) is 216 Å². The fourth-order valence-corrected chi connectivity index (χ4v) is 24.8. The predicted octanol–water partition coefficient (Wildman–Crippen LogP) is 38.6. The van der Waals surface area contributed by atoms with Crippen molar-refractivity contribution in [1.82, 2.24) is 34.5 Å². The van der Waals surface area contributed by atoms with Gasteiger partial charge in [-0.15, -0.1) is 22.7 Å². The highest BCUT2D eigenvalue weighted by Crippen LogP contribution is 2.50. The van der Waals surface area contributed by atoms with Crippen LogP contribution in [0.1, 0.15) is 0 Å². The highest BCUT2D eigenvalue weighted by molar-refractivity contribution is 7.26. The summed E-state index contributed by atoms with van der Waals surface area (Å²) in [7, 11) is 0. The summed E-state index contributed by atoms with van der Waals surface area (Å²) in [6.45, 7) is 0. The molecule has 0 aliphatic rings. The number of aromatic nitrogens is 7. The lowest BCUT2D eigenvalue weighted by Gasteiger charge is -2.12. The van der Waals surface area contributed by atoms with Crippen molar-refractivity contribution in [2.24, 2.45) is 0 Å². The quantitative estimate of drug-likeness (QED) is 0.125. The third-order valence-corrected chi connectivity index (χ3v) is 32.0. The average molecular weight is 1950 g/mol. The molecule has 0 bridgehead atoms.